The van der Waals surface area contributed by atoms with Crippen LogP contribution < -0.4 is 15.2 Å². The Balaban J connectivity index is 1.76. The summed E-state index contributed by atoms with van der Waals surface area (Å²) >= 11 is -0.836. The van der Waals surface area contributed by atoms with Crippen LogP contribution in [-0.2, 0) is 24.1 Å². The molecule has 0 saturated carbocycles. The minimum atomic E-state index is -0.836. The molecule has 30 heavy (non-hydrogen) atoms. The SMILES string of the molecule is CCCCc1nc2c(N)nnc(OC3CC[S+]([O-])C3)c2n1Cc1ccc(OC)cc1. The number of benzene rings is 1. The molecular weight excluding hydrogens is 402 g/mol. The van der Waals surface area contributed by atoms with Crippen LogP contribution in [0, 0.1) is 0 Å². The van der Waals surface area contributed by atoms with Gasteiger partial charge in [0.2, 0.25) is 0 Å². The second-order valence-electron chi connectivity index (χ2n) is 7.49. The summed E-state index contributed by atoms with van der Waals surface area (Å²) in [5.41, 5.74) is 8.60. The zero-order chi connectivity index (χ0) is 21.1. The fourth-order valence-corrected chi connectivity index (χ4v) is 5.01. The first-order valence-corrected chi connectivity index (χ1v) is 11.7. The van der Waals surface area contributed by atoms with Crippen molar-refractivity contribution < 1.29 is 14.0 Å². The number of nitrogen functional groups attached to an aromatic ring is 1. The second kappa shape index (κ2) is 9.09. The molecule has 160 valence electrons. The molecule has 0 radical (unpaired) electrons. The van der Waals surface area contributed by atoms with Crippen LogP contribution in [0.3, 0.4) is 0 Å². The number of imidazole rings is 1. The van der Waals surface area contributed by atoms with E-state index in [0.29, 0.717) is 35.3 Å². The number of nitrogens with two attached hydrogens (primary N) is 1. The number of methoxy groups -OCH3 is 1. The number of fused-ring (bicyclic) bond motifs is 1. The Bertz CT molecular complexity index is 1010. The van der Waals surface area contributed by atoms with Gasteiger partial charge in [0.1, 0.15) is 40.2 Å². The fourth-order valence-electron chi connectivity index (χ4n) is 3.67. The predicted molar refractivity (Wildman–Crippen MR) is 117 cm³/mol. The predicted octanol–water partition coefficient (Wildman–Crippen LogP) is 2.71. The number of aromatic nitrogens is 4. The average Bonchev–Trinajstić information content (AvgIpc) is 3.33. The van der Waals surface area contributed by atoms with Crippen LogP contribution in [0.1, 0.15) is 37.6 Å². The average molecular weight is 430 g/mol. The highest BCUT2D eigenvalue weighted by Crippen LogP contribution is 2.31. The number of unbranched alkanes of at least 4 members (excludes halogenated alkanes) is 1. The van der Waals surface area contributed by atoms with Crippen molar-refractivity contribution >= 4 is 28.0 Å². The Hall–Kier alpha value is -2.52. The van der Waals surface area contributed by atoms with Gasteiger partial charge in [-0.1, -0.05) is 25.5 Å². The third-order valence-electron chi connectivity index (χ3n) is 5.31. The fraction of sp³-hybridized carbons (Fsp3) is 0.476. The van der Waals surface area contributed by atoms with Crippen molar-refractivity contribution in [3.05, 3.63) is 35.7 Å². The number of anilines is 1. The van der Waals surface area contributed by atoms with E-state index >= 15 is 0 Å². The summed E-state index contributed by atoms with van der Waals surface area (Å²) in [5, 5.41) is 8.31. The van der Waals surface area contributed by atoms with Crippen LogP contribution in [0.2, 0.25) is 0 Å². The van der Waals surface area contributed by atoms with E-state index in [1.165, 1.54) is 0 Å². The maximum absolute atomic E-state index is 11.8. The molecule has 1 saturated heterocycles. The van der Waals surface area contributed by atoms with Gasteiger partial charge in [0.05, 0.1) is 7.11 Å². The first-order valence-electron chi connectivity index (χ1n) is 10.2. The third-order valence-corrected chi connectivity index (χ3v) is 6.75. The molecule has 0 amide bonds. The van der Waals surface area contributed by atoms with E-state index in [4.69, 9.17) is 20.2 Å². The third kappa shape index (κ3) is 4.32. The van der Waals surface area contributed by atoms with Gasteiger partial charge in [-0.15, -0.1) is 10.2 Å². The maximum Gasteiger partial charge on any atom is 0.260 e. The van der Waals surface area contributed by atoms with Crippen LogP contribution in [0.15, 0.2) is 24.3 Å². The van der Waals surface area contributed by atoms with Crippen molar-refractivity contribution in [3.63, 3.8) is 0 Å². The Labute approximate surface area is 179 Å². The summed E-state index contributed by atoms with van der Waals surface area (Å²) < 4.78 is 25.3. The summed E-state index contributed by atoms with van der Waals surface area (Å²) in [6, 6.07) is 7.96. The molecule has 0 bridgehead atoms. The molecule has 9 heteroatoms. The smallest absolute Gasteiger partial charge is 0.260 e. The second-order valence-corrected chi connectivity index (χ2v) is 9.11. The molecule has 2 atom stereocenters. The number of hydrogen-bond acceptors (Lipinski definition) is 7. The lowest BCUT2D eigenvalue weighted by molar-refractivity contribution is 0.219. The van der Waals surface area contributed by atoms with Gasteiger partial charge in [-0.25, -0.2) is 4.98 Å². The highest BCUT2D eigenvalue weighted by molar-refractivity contribution is 7.91. The Morgan fingerprint density at radius 3 is 2.73 bits per heavy atom. The van der Waals surface area contributed by atoms with E-state index in [0.717, 1.165) is 48.3 Å². The minimum Gasteiger partial charge on any atom is -0.616 e. The van der Waals surface area contributed by atoms with E-state index < -0.39 is 11.2 Å². The molecule has 3 heterocycles. The van der Waals surface area contributed by atoms with Crippen molar-refractivity contribution in [3.8, 4) is 11.6 Å². The molecule has 0 aliphatic carbocycles. The van der Waals surface area contributed by atoms with Gasteiger partial charge < -0.3 is 24.3 Å². The normalized spacial score (nSPS) is 18.8. The quantitative estimate of drug-likeness (QED) is 0.548. The zero-order valence-electron chi connectivity index (χ0n) is 17.3. The molecule has 2 N–H and O–H groups in total. The van der Waals surface area contributed by atoms with E-state index in [-0.39, 0.29) is 6.10 Å². The van der Waals surface area contributed by atoms with Crippen LogP contribution in [-0.4, -0.2) is 49.0 Å². The standard InChI is InChI=1S/C21H27N5O3S/c1-3-4-5-17-23-18-19(26(17)12-14-6-8-15(28-2)9-7-14)21(25-24-20(18)22)29-16-10-11-30(27)13-16/h6-9,16H,3-5,10-13H2,1-2H3,(H2,22,24). The molecule has 2 unspecified atom stereocenters. The topological polar surface area (TPSA) is 111 Å². The van der Waals surface area contributed by atoms with E-state index in [1.54, 1.807) is 7.11 Å². The van der Waals surface area contributed by atoms with E-state index in [2.05, 4.69) is 21.7 Å². The van der Waals surface area contributed by atoms with E-state index in [9.17, 15) is 4.55 Å². The molecule has 3 aromatic rings. The van der Waals surface area contributed by atoms with Gasteiger partial charge in [0.15, 0.2) is 5.82 Å². The lowest BCUT2D eigenvalue weighted by Crippen LogP contribution is -2.19. The monoisotopic (exact) mass is 429 g/mol. The Morgan fingerprint density at radius 2 is 2.07 bits per heavy atom. The first kappa shape index (κ1) is 20.7. The number of aryl methyl sites for hydroxylation is 1. The molecule has 8 nitrogen and oxygen atoms in total. The molecule has 2 aromatic heterocycles. The molecule has 1 fully saturated rings. The van der Waals surface area contributed by atoms with Crippen LogP contribution in [0.4, 0.5) is 5.82 Å². The number of nitrogens with zero attached hydrogens (tertiary/aromatic N) is 4. The number of ether oxygens (including phenoxy) is 2. The van der Waals surface area contributed by atoms with Gasteiger partial charge >= 0.3 is 0 Å². The highest BCUT2D eigenvalue weighted by atomic mass is 32.2. The van der Waals surface area contributed by atoms with Crippen molar-refractivity contribution in [2.24, 2.45) is 0 Å². The van der Waals surface area contributed by atoms with Crippen molar-refractivity contribution in [2.75, 3.05) is 24.3 Å². The molecule has 1 aliphatic rings. The van der Waals surface area contributed by atoms with E-state index in [1.807, 2.05) is 24.3 Å². The van der Waals surface area contributed by atoms with Crippen molar-refractivity contribution in [2.45, 2.75) is 45.3 Å². The Morgan fingerprint density at radius 1 is 1.27 bits per heavy atom. The summed E-state index contributed by atoms with van der Waals surface area (Å²) in [6.07, 6.45) is 3.53. The van der Waals surface area contributed by atoms with Crippen molar-refractivity contribution in [1.29, 1.82) is 0 Å². The van der Waals surface area contributed by atoms with Gasteiger partial charge in [-0.2, -0.15) is 0 Å². The molecule has 1 aromatic carbocycles. The lowest BCUT2D eigenvalue weighted by Gasteiger charge is -2.14. The largest absolute Gasteiger partial charge is 0.616 e. The van der Waals surface area contributed by atoms with Gasteiger partial charge in [-0.05, 0) is 35.3 Å². The minimum absolute atomic E-state index is 0.129. The summed E-state index contributed by atoms with van der Waals surface area (Å²) in [4.78, 5) is 4.80. The van der Waals surface area contributed by atoms with Crippen molar-refractivity contribution in [1.82, 2.24) is 19.7 Å². The molecule has 0 spiro atoms. The maximum atomic E-state index is 11.8. The first-order chi connectivity index (χ1) is 14.6. The molecule has 1 aliphatic heterocycles. The number of hydrogen-bond donors (Lipinski definition) is 1. The summed E-state index contributed by atoms with van der Waals surface area (Å²) in [5.74, 6) is 3.62. The lowest BCUT2D eigenvalue weighted by atomic mass is 10.2. The summed E-state index contributed by atoms with van der Waals surface area (Å²) in [6.45, 7) is 2.76. The Kier molecular flexibility index (Phi) is 6.29. The van der Waals surface area contributed by atoms with Crippen LogP contribution in [0.25, 0.3) is 11.0 Å². The zero-order valence-corrected chi connectivity index (χ0v) is 18.2. The summed E-state index contributed by atoms with van der Waals surface area (Å²) in [7, 11) is 1.66. The van der Waals surface area contributed by atoms with Crippen LogP contribution >= 0.6 is 0 Å². The number of rotatable bonds is 8. The van der Waals surface area contributed by atoms with Crippen LogP contribution in [0.5, 0.6) is 11.6 Å². The van der Waals surface area contributed by atoms with Gasteiger partial charge in [0, 0.05) is 19.4 Å². The van der Waals surface area contributed by atoms with Gasteiger partial charge in [-0.3, -0.25) is 0 Å². The van der Waals surface area contributed by atoms with Gasteiger partial charge in [0.25, 0.3) is 5.88 Å². The highest BCUT2D eigenvalue weighted by Gasteiger charge is 2.30. The molecule has 4 rings (SSSR count). The molecular formula is C21H27N5O3S.